The Morgan fingerprint density at radius 2 is 2.24 bits per heavy atom. The van der Waals surface area contributed by atoms with Gasteiger partial charge >= 0.3 is 0 Å². The summed E-state index contributed by atoms with van der Waals surface area (Å²) in [5.74, 6) is -0.234. The van der Waals surface area contributed by atoms with Crippen LogP contribution in [0.15, 0.2) is 18.5 Å². The molecule has 1 aliphatic heterocycles. The minimum atomic E-state index is -0.234. The standard InChI is InChI=1S/C14H21FN2/c1-2-6-13-7-4-3-5-8-17(13)14-9-12(15)10-16-11-14/h9-11,13H,2-8H2,1H3. The highest BCUT2D eigenvalue weighted by molar-refractivity contribution is 5.45. The molecule has 1 atom stereocenters. The highest BCUT2D eigenvalue weighted by Gasteiger charge is 2.20. The Bertz CT molecular complexity index is 354. The van der Waals surface area contributed by atoms with Crippen LogP contribution in [-0.2, 0) is 0 Å². The molecule has 2 nitrogen and oxygen atoms in total. The molecule has 1 unspecified atom stereocenters. The molecule has 0 amide bonds. The topological polar surface area (TPSA) is 16.1 Å². The number of halogens is 1. The summed E-state index contributed by atoms with van der Waals surface area (Å²) < 4.78 is 13.2. The second-order valence-corrected chi connectivity index (χ2v) is 4.85. The number of pyridine rings is 1. The summed E-state index contributed by atoms with van der Waals surface area (Å²) in [4.78, 5) is 6.32. The van der Waals surface area contributed by atoms with E-state index in [1.807, 2.05) is 0 Å². The van der Waals surface area contributed by atoms with E-state index in [1.54, 1.807) is 12.3 Å². The molecule has 0 saturated carbocycles. The van der Waals surface area contributed by atoms with Crippen LogP contribution in [0.5, 0.6) is 0 Å². The summed E-state index contributed by atoms with van der Waals surface area (Å²) in [5, 5.41) is 0. The van der Waals surface area contributed by atoms with E-state index in [0.717, 1.165) is 12.2 Å². The van der Waals surface area contributed by atoms with Crippen molar-refractivity contribution in [3.8, 4) is 0 Å². The number of anilines is 1. The third-order valence-electron chi connectivity index (χ3n) is 3.52. The average molecular weight is 236 g/mol. The van der Waals surface area contributed by atoms with Crippen LogP contribution in [-0.4, -0.2) is 17.6 Å². The van der Waals surface area contributed by atoms with Crippen molar-refractivity contribution in [2.24, 2.45) is 0 Å². The number of hydrogen-bond donors (Lipinski definition) is 0. The van der Waals surface area contributed by atoms with Crippen molar-refractivity contribution < 1.29 is 4.39 Å². The Kier molecular flexibility index (Phi) is 4.35. The first kappa shape index (κ1) is 12.3. The second kappa shape index (κ2) is 5.99. The van der Waals surface area contributed by atoms with Crippen LogP contribution in [0, 0.1) is 5.82 Å². The van der Waals surface area contributed by atoms with Crippen LogP contribution in [0.25, 0.3) is 0 Å². The maximum absolute atomic E-state index is 13.2. The second-order valence-electron chi connectivity index (χ2n) is 4.85. The summed E-state index contributed by atoms with van der Waals surface area (Å²) in [7, 11) is 0. The van der Waals surface area contributed by atoms with Gasteiger partial charge in [-0.2, -0.15) is 0 Å². The Balaban J connectivity index is 2.19. The first-order valence-electron chi connectivity index (χ1n) is 6.68. The van der Waals surface area contributed by atoms with Gasteiger partial charge in [-0.15, -0.1) is 0 Å². The number of nitrogens with zero attached hydrogens (tertiary/aromatic N) is 2. The largest absolute Gasteiger partial charge is 0.367 e. The lowest BCUT2D eigenvalue weighted by molar-refractivity contribution is 0.525. The number of rotatable bonds is 3. The van der Waals surface area contributed by atoms with E-state index in [4.69, 9.17) is 0 Å². The lowest BCUT2D eigenvalue weighted by Crippen LogP contribution is -2.34. The average Bonchev–Trinajstić information content (AvgIpc) is 2.55. The molecular weight excluding hydrogens is 215 g/mol. The molecule has 0 radical (unpaired) electrons. The number of aromatic nitrogens is 1. The van der Waals surface area contributed by atoms with Crippen LogP contribution in [0.3, 0.4) is 0 Å². The van der Waals surface area contributed by atoms with Crippen molar-refractivity contribution in [1.29, 1.82) is 0 Å². The van der Waals surface area contributed by atoms with Crippen molar-refractivity contribution in [1.82, 2.24) is 4.98 Å². The monoisotopic (exact) mass is 236 g/mol. The lowest BCUT2D eigenvalue weighted by atomic mass is 10.0. The van der Waals surface area contributed by atoms with E-state index in [2.05, 4.69) is 16.8 Å². The molecule has 0 aliphatic carbocycles. The fourth-order valence-electron chi connectivity index (χ4n) is 2.71. The normalized spacial score (nSPS) is 21.3. The highest BCUT2D eigenvalue weighted by atomic mass is 19.1. The molecule has 0 bridgehead atoms. The molecule has 1 aliphatic rings. The Morgan fingerprint density at radius 1 is 1.35 bits per heavy atom. The van der Waals surface area contributed by atoms with Gasteiger partial charge in [-0.1, -0.05) is 26.2 Å². The zero-order valence-electron chi connectivity index (χ0n) is 10.5. The first-order valence-corrected chi connectivity index (χ1v) is 6.68. The summed E-state index contributed by atoms with van der Waals surface area (Å²) in [6.45, 7) is 3.25. The van der Waals surface area contributed by atoms with Gasteiger partial charge in [0, 0.05) is 18.7 Å². The quantitative estimate of drug-likeness (QED) is 0.794. The Hall–Kier alpha value is -1.12. The third-order valence-corrected chi connectivity index (χ3v) is 3.52. The maximum Gasteiger partial charge on any atom is 0.143 e. The SMILES string of the molecule is CCCC1CCCCCN1c1cncc(F)c1. The minimum Gasteiger partial charge on any atom is -0.367 e. The van der Waals surface area contributed by atoms with Crippen molar-refractivity contribution in [3.63, 3.8) is 0 Å². The molecule has 94 valence electrons. The zero-order valence-corrected chi connectivity index (χ0v) is 10.5. The lowest BCUT2D eigenvalue weighted by Gasteiger charge is -2.31. The van der Waals surface area contributed by atoms with Gasteiger partial charge in [-0.3, -0.25) is 4.98 Å². The van der Waals surface area contributed by atoms with Crippen LogP contribution in [0.4, 0.5) is 10.1 Å². The predicted molar refractivity (Wildman–Crippen MR) is 68.7 cm³/mol. The molecule has 1 fully saturated rings. The van der Waals surface area contributed by atoms with Gasteiger partial charge in [0.2, 0.25) is 0 Å². The fourth-order valence-corrected chi connectivity index (χ4v) is 2.71. The van der Waals surface area contributed by atoms with E-state index in [-0.39, 0.29) is 5.82 Å². The Labute approximate surface area is 103 Å². The molecule has 1 aromatic heterocycles. The maximum atomic E-state index is 13.2. The first-order chi connectivity index (χ1) is 8.31. The fraction of sp³-hybridized carbons (Fsp3) is 0.643. The third kappa shape index (κ3) is 3.18. The zero-order chi connectivity index (χ0) is 12.1. The van der Waals surface area contributed by atoms with Crippen LogP contribution in [0.1, 0.15) is 45.4 Å². The molecule has 1 saturated heterocycles. The molecule has 0 spiro atoms. The van der Waals surface area contributed by atoms with Crippen LogP contribution < -0.4 is 4.90 Å². The summed E-state index contributed by atoms with van der Waals surface area (Å²) >= 11 is 0. The van der Waals surface area contributed by atoms with Crippen molar-refractivity contribution >= 4 is 5.69 Å². The molecule has 17 heavy (non-hydrogen) atoms. The van der Waals surface area contributed by atoms with Crippen molar-refractivity contribution in [2.75, 3.05) is 11.4 Å². The van der Waals surface area contributed by atoms with E-state index in [9.17, 15) is 4.39 Å². The summed E-state index contributed by atoms with van der Waals surface area (Å²) in [6, 6.07) is 2.17. The molecule has 2 rings (SSSR count). The van der Waals surface area contributed by atoms with Crippen molar-refractivity contribution in [3.05, 3.63) is 24.3 Å². The smallest absolute Gasteiger partial charge is 0.143 e. The van der Waals surface area contributed by atoms with Gasteiger partial charge in [0.1, 0.15) is 5.82 Å². The van der Waals surface area contributed by atoms with E-state index >= 15 is 0 Å². The number of hydrogen-bond acceptors (Lipinski definition) is 2. The van der Waals surface area contributed by atoms with Crippen LogP contribution >= 0.6 is 0 Å². The molecule has 0 N–H and O–H groups in total. The molecule has 2 heterocycles. The van der Waals surface area contributed by atoms with E-state index in [1.165, 1.54) is 44.7 Å². The van der Waals surface area contributed by atoms with E-state index in [0.29, 0.717) is 6.04 Å². The predicted octanol–water partition coefficient (Wildman–Crippen LogP) is 3.77. The van der Waals surface area contributed by atoms with E-state index < -0.39 is 0 Å². The van der Waals surface area contributed by atoms with Crippen molar-refractivity contribution in [2.45, 2.75) is 51.5 Å². The molecule has 1 aromatic rings. The molecule has 3 heteroatoms. The Morgan fingerprint density at radius 3 is 3.00 bits per heavy atom. The van der Waals surface area contributed by atoms with Gasteiger partial charge in [0.15, 0.2) is 0 Å². The van der Waals surface area contributed by atoms with Gasteiger partial charge < -0.3 is 4.90 Å². The van der Waals surface area contributed by atoms with Gasteiger partial charge in [0.25, 0.3) is 0 Å². The summed E-state index contributed by atoms with van der Waals surface area (Å²) in [6.07, 6.45) is 10.5. The summed E-state index contributed by atoms with van der Waals surface area (Å²) in [5.41, 5.74) is 0.949. The minimum absolute atomic E-state index is 0.234. The molecular formula is C14H21FN2. The van der Waals surface area contributed by atoms with Gasteiger partial charge in [-0.05, 0) is 19.3 Å². The van der Waals surface area contributed by atoms with Crippen LogP contribution in [0.2, 0.25) is 0 Å². The van der Waals surface area contributed by atoms with Gasteiger partial charge in [-0.25, -0.2) is 4.39 Å². The highest BCUT2D eigenvalue weighted by Crippen LogP contribution is 2.26. The molecule has 0 aromatic carbocycles. The van der Waals surface area contributed by atoms with Gasteiger partial charge in [0.05, 0.1) is 18.1 Å².